The van der Waals surface area contributed by atoms with E-state index in [1.54, 1.807) is 12.5 Å². The quantitative estimate of drug-likeness (QED) is 0.632. The molecule has 0 spiro atoms. The first-order chi connectivity index (χ1) is 4.79. The second kappa shape index (κ2) is 3.17. The standard InChI is InChI=1S/C7H11N3/c1-6(8)2-3-7-4-9-5-10-7/h2-6H,8H2,1H3,(H,9,10)/b3-2+. The molecule has 10 heavy (non-hydrogen) atoms. The van der Waals surface area contributed by atoms with Crippen LogP contribution in [0.15, 0.2) is 18.6 Å². The molecule has 1 aromatic rings. The third-order valence-electron chi connectivity index (χ3n) is 1.10. The molecular formula is C7H11N3. The summed E-state index contributed by atoms with van der Waals surface area (Å²) in [7, 11) is 0. The zero-order valence-corrected chi connectivity index (χ0v) is 5.91. The summed E-state index contributed by atoms with van der Waals surface area (Å²) >= 11 is 0. The molecule has 3 N–H and O–H groups in total. The SMILES string of the molecule is CC(N)/C=C/c1cnc[nH]1. The van der Waals surface area contributed by atoms with Crippen LogP contribution < -0.4 is 5.73 Å². The molecule has 1 unspecified atom stereocenters. The van der Waals surface area contributed by atoms with E-state index in [0.29, 0.717) is 0 Å². The highest BCUT2D eigenvalue weighted by Crippen LogP contribution is 1.94. The van der Waals surface area contributed by atoms with E-state index in [0.717, 1.165) is 5.69 Å². The Bertz CT molecular complexity index is 199. The van der Waals surface area contributed by atoms with Crippen LogP contribution in [0.3, 0.4) is 0 Å². The molecule has 0 saturated heterocycles. The normalized spacial score (nSPS) is 14.2. The molecule has 1 heterocycles. The Labute approximate surface area is 60.0 Å². The average Bonchev–Trinajstić information content (AvgIpc) is 2.34. The van der Waals surface area contributed by atoms with Crippen molar-refractivity contribution < 1.29 is 0 Å². The summed E-state index contributed by atoms with van der Waals surface area (Å²) in [5.74, 6) is 0. The van der Waals surface area contributed by atoms with Gasteiger partial charge in [-0.1, -0.05) is 6.08 Å². The summed E-state index contributed by atoms with van der Waals surface area (Å²) in [5, 5.41) is 0. The van der Waals surface area contributed by atoms with Gasteiger partial charge in [-0.05, 0) is 13.0 Å². The van der Waals surface area contributed by atoms with E-state index >= 15 is 0 Å². The highest BCUT2D eigenvalue weighted by molar-refractivity contribution is 5.43. The van der Waals surface area contributed by atoms with Crippen molar-refractivity contribution in [1.29, 1.82) is 0 Å². The van der Waals surface area contributed by atoms with Crippen molar-refractivity contribution in [2.75, 3.05) is 0 Å². The van der Waals surface area contributed by atoms with Crippen LogP contribution >= 0.6 is 0 Å². The molecule has 0 aliphatic rings. The van der Waals surface area contributed by atoms with Crippen LogP contribution in [0.1, 0.15) is 12.6 Å². The molecule has 3 nitrogen and oxygen atoms in total. The fourth-order valence-electron chi connectivity index (χ4n) is 0.613. The first-order valence-corrected chi connectivity index (χ1v) is 3.21. The molecular weight excluding hydrogens is 126 g/mol. The van der Waals surface area contributed by atoms with Gasteiger partial charge in [0.05, 0.1) is 18.2 Å². The van der Waals surface area contributed by atoms with Crippen LogP contribution in [-0.4, -0.2) is 16.0 Å². The van der Waals surface area contributed by atoms with Crippen molar-refractivity contribution in [2.24, 2.45) is 5.73 Å². The van der Waals surface area contributed by atoms with E-state index in [2.05, 4.69) is 9.97 Å². The van der Waals surface area contributed by atoms with Crippen molar-refractivity contribution in [2.45, 2.75) is 13.0 Å². The van der Waals surface area contributed by atoms with Gasteiger partial charge in [-0.15, -0.1) is 0 Å². The molecule has 0 aliphatic heterocycles. The zero-order valence-electron chi connectivity index (χ0n) is 5.91. The van der Waals surface area contributed by atoms with Crippen LogP contribution in [0.4, 0.5) is 0 Å². The smallest absolute Gasteiger partial charge is 0.0924 e. The molecule has 0 aliphatic carbocycles. The third kappa shape index (κ3) is 2.03. The number of rotatable bonds is 2. The number of aromatic amines is 1. The maximum absolute atomic E-state index is 5.49. The molecule has 0 saturated carbocycles. The van der Waals surface area contributed by atoms with Crippen molar-refractivity contribution in [1.82, 2.24) is 9.97 Å². The van der Waals surface area contributed by atoms with Gasteiger partial charge < -0.3 is 10.7 Å². The summed E-state index contributed by atoms with van der Waals surface area (Å²) in [6, 6.07) is 0.100. The van der Waals surface area contributed by atoms with Crippen LogP contribution in [0.2, 0.25) is 0 Å². The highest BCUT2D eigenvalue weighted by Gasteiger charge is 1.86. The lowest BCUT2D eigenvalue weighted by Crippen LogP contribution is -2.09. The van der Waals surface area contributed by atoms with Gasteiger partial charge in [0, 0.05) is 6.04 Å². The predicted octanol–water partition coefficient (Wildman–Crippen LogP) is 0.770. The number of H-pyrrole nitrogens is 1. The van der Waals surface area contributed by atoms with E-state index in [-0.39, 0.29) is 6.04 Å². The van der Waals surface area contributed by atoms with E-state index in [4.69, 9.17) is 5.73 Å². The molecule has 0 amide bonds. The molecule has 0 fully saturated rings. The highest BCUT2D eigenvalue weighted by atomic mass is 14.8. The van der Waals surface area contributed by atoms with Gasteiger partial charge in [-0.3, -0.25) is 0 Å². The third-order valence-corrected chi connectivity index (χ3v) is 1.10. The van der Waals surface area contributed by atoms with Gasteiger partial charge in [-0.25, -0.2) is 4.98 Å². The topological polar surface area (TPSA) is 54.7 Å². The second-order valence-corrected chi connectivity index (χ2v) is 2.23. The van der Waals surface area contributed by atoms with Gasteiger partial charge >= 0.3 is 0 Å². The zero-order chi connectivity index (χ0) is 7.40. The van der Waals surface area contributed by atoms with Crippen molar-refractivity contribution in [3.05, 3.63) is 24.3 Å². The number of hydrogen-bond acceptors (Lipinski definition) is 2. The number of nitrogens with one attached hydrogen (secondary N) is 1. The van der Waals surface area contributed by atoms with E-state index in [1.165, 1.54) is 0 Å². The number of nitrogens with zero attached hydrogens (tertiary/aromatic N) is 1. The minimum absolute atomic E-state index is 0.100. The van der Waals surface area contributed by atoms with Gasteiger partial charge in [0.1, 0.15) is 0 Å². The molecule has 0 bridgehead atoms. The van der Waals surface area contributed by atoms with E-state index in [1.807, 2.05) is 19.1 Å². The van der Waals surface area contributed by atoms with Gasteiger partial charge in [0.2, 0.25) is 0 Å². The average molecular weight is 137 g/mol. The number of hydrogen-bond donors (Lipinski definition) is 2. The van der Waals surface area contributed by atoms with Crippen LogP contribution in [0, 0.1) is 0 Å². The number of nitrogens with two attached hydrogens (primary N) is 1. The maximum atomic E-state index is 5.49. The second-order valence-electron chi connectivity index (χ2n) is 2.23. The fraction of sp³-hybridized carbons (Fsp3) is 0.286. The van der Waals surface area contributed by atoms with Crippen molar-refractivity contribution >= 4 is 6.08 Å². The van der Waals surface area contributed by atoms with Gasteiger partial charge in [0.15, 0.2) is 0 Å². The molecule has 0 radical (unpaired) electrons. The van der Waals surface area contributed by atoms with Gasteiger partial charge in [0.25, 0.3) is 0 Å². The van der Waals surface area contributed by atoms with Gasteiger partial charge in [-0.2, -0.15) is 0 Å². The Morgan fingerprint density at radius 3 is 3.10 bits per heavy atom. The molecule has 54 valence electrons. The van der Waals surface area contributed by atoms with E-state index in [9.17, 15) is 0 Å². The minimum atomic E-state index is 0.100. The summed E-state index contributed by atoms with van der Waals surface area (Å²) in [5.41, 5.74) is 6.47. The Kier molecular flexibility index (Phi) is 2.23. The Hall–Kier alpha value is -1.09. The van der Waals surface area contributed by atoms with Crippen LogP contribution in [0.25, 0.3) is 6.08 Å². The maximum Gasteiger partial charge on any atom is 0.0924 e. The van der Waals surface area contributed by atoms with Crippen molar-refractivity contribution in [3.63, 3.8) is 0 Å². The van der Waals surface area contributed by atoms with Crippen LogP contribution in [-0.2, 0) is 0 Å². The first kappa shape index (κ1) is 7.02. The largest absolute Gasteiger partial charge is 0.345 e. The Morgan fingerprint density at radius 1 is 1.80 bits per heavy atom. The fourth-order valence-corrected chi connectivity index (χ4v) is 0.613. The lowest BCUT2D eigenvalue weighted by molar-refractivity contribution is 0.930. The number of aromatic nitrogens is 2. The first-order valence-electron chi connectivity index (χ1n) is 3.21. The summed E-state index contributed by atoms with van der Waals surface area (Å²) in [6.45, 7) is 1.92. The lowest BCUT2D eigenvalue weighted by Gasteiger charge is -1.91. The molecule has 1 rings (SSSR count). The van der Waals surface area contributed by atoms with E-state index < -0.39 is 0 Å². The predicted molar refractivity (Wildman–Crippen MR) is 41.3 cm³/mol. The van der Waals surface area contributed by atoms with Crippen LogP contribution in [0.5, 0.6) is 0 Å². The molecule has 3 heteroatoms. The summed E-state index contributed by atoms with van der Waals surface area (Å²) in [4.78, 5) is 6.79. The molecule has 1 atom stereocenters. The summed E-state index contributed by atoms with van der Waals surface area (Å²) in [6.07, 6.45) is 7.21. The lowest BCUT2D eigenvalue weighted by atomic mass is 10.3. The Morgan fingerprint density at radius 2 is 2.60 bits per heavy atom. The minimum Gasteiger partial charge on any atom is -0.345 e. The molecule has 1 aromatic heterocycles. The summed E-state index contributed by atoms with van der Waals surface area (Å²) < 4.78 is 0. The Balaban J connectivity index is 2.55. The number of imidazole rings is 1. The van der Waals surface area contributed by atoms with Crippen molar-refractivity contribution in [3.8, 4) is 0 Å². The monoisotopic (exact) mass is 137 g/mol. The molecule has 0 aromatic carbocycles.